The highest BCUT2D eigenvalue weighted by Crippen LogP contribution is 2.37. The molecule has 1 aliphatic carbocycles. The van der Waals surface area contributed by atoms with Crippen LogP contribution in [0.15, 0.2) is 48.8 Å². The first-order valence-electron chi connectivity index (χ1n) is 9.04. The van der Waals surface area contributed by atoms with Gasteiger partial charge in [0.2, 0.25) is 5.91 Å². The van der Waals surface area contributed by atoms with E-state index in [2.05, 4.69) is 44.4 Å². The van der Waals surface area contributed by atoms with Gasteiger partial charge in [0.15, 0.2) is 0 Å². The molecule has 1 aromatic carbocycles. The summed E-state index contributed by atoms with van der Waals surface area (Å²) in [6.07, 6.45) is 6.24. The lowest BCUT2D eigenvalue weighted by Gasteiger charge is -2.38. The Morgan fingerprint density at radius 2 is 1.84 bits per heavy atom. The zero-order chi connectivity index (χ0) is 17.1. The Labute approximate surface area is 148 Å². The van der Waals surface area contributed by atoms with Crippen molar-refractivity contribution in [3.05, 3.63) is 54.4 Å². The molecule has 1 fully saturated rings. The topological polar surface area (TPSA) is 48.5 Å². The standard InChI is InChI=1S/C20H24N4O/c25-20(22-13-17-4-3-9-21-12-17)15-24-11-10-23(14-16-7-8-16)18-5-1-2-6-19(18)24/h1-6,9,12,16H,7-8,10-11,13-15H2,(H,22,25). The van der Waals surface area contributed by atoms with Crippen LogP contribution < -0.4 is 15.1 Å². The van der Waals surface area contributed by atoms with Crippen molar-refractivity contribution in [3.8, 4) is 0 Å². The third kappa shape index (κ3) is 3.92. The summed E-state index contributed by atoms with van der Waals surface area (Å²) in [7, 11) is 0. The number of pyridine rings is 1. The van der Waals surface area contributed by atoms with Crippen LogP contribution in [0.1, 0.15) is 18.4 Å². The van der Waals surface area contributed by atoms with Crippen molar-refractivity contribution in [1.29, 1.82) is 0 Å². The van der Waals surface area contributed by atoms with Crippen LogP contribution in [0.25, 0.3) is 0 Å². The number of anilines is 2. The molecular formula is C20H24N4O. The van der Waals surface area contributed by atoms with E-state index in [0.717, 1.165) is 31.1 Å². The summed E-state index contributed by atoms with van der Waals surface area (Å²) < 4.78 is 0. The van der Waals surface area contributed by atoms with Gasteiger partial charge in [-0.3, -0.25) is 9.78 Å². The van der Waals surface area contributed by atoms with E-state index in [-0.39, 0.29) is 5.91 Å². The Bertz CT molecular complexity index is 729. The highest BCUT2D eigenvalue weighted by molar-refractivity contribution is 5.84. The minimum absolute atomic E-state index is 0.0503. The van der Waals surface area contributed by atoms with Crippen molar-refractivity contribution in [2.24, 2.45) is 5.92 Å². The molecule has 2 aromatic rings. The maximum Gasteiger partial charge on any atom is 0.239 e. The minimum atomic E-state index is 0.0503. The van der Waals surface area contributed by atoms with Crippen LogP contribution in [-0.4, -0.2) is 37.1 Å². The predicted octanol–water partition coefficient (Wildman–Crippen LogP) is 2.43. The Kier molecular flexibility index (Phi) is 4.55. The summed E-state index contributed by atoms with van der Waals surface area (Å²) >= 11 is 0. The summed E-state index contributed by atoms with van der Waals surface area (Å²) in [4.78, 5) is 21.1. The fourth-order valence-corrected chi connectivity index (χ4v) is 3.38. The number of rotatable bonds is 6. The molecule has 0 unspecified atom stereocenters. The van der Waals surface area contributed by atoms with Crippen molar-refractivity contribution in [1.82, 2.24) is 10.3 Å². The summed E-state index contributed by atoms with van der Waals surface area (Å²) in [5.74, 6) is 0.914. The highest BCUT2D eigenvalue weighted by atomic mass is 16.2. The summed E-state index contributed by atoms with van der Waals surface area (Å²) in [6, 6.07) is 12.3. The van der Waals surface area contributed by atoms with Gasteiger partial charge in [-0.2, -0.15) is 0 Å². The van der Waals surface area contributed by atoms with E-state index in [9.17, 15) is 4.79 Å². The molecule has 1 N–H and O–H groups in total. The minimum Gasteiger partial charge on any atom is -0.368 e. The van der Waals surface area contributed by atoms with Crippen molar-refractivity contribution in [2.75, 3.05) is 36.0 Å². The van der Waals surface area contributed by atoms with Crippen LogP contribution in [0, 0.1) is 5.92 Å². The number of amides is 1. The van der Waals surface area contributed by atoms with E-state index >= 15 is 0 Å². The van der Waals surface area contributed by atoms with E-state index in [0.29, 0.717) is 13.1 Å². The molecule has 1 aliphatic heterocycles. The van der Waals surface area contributed by atoms with Gasteiger partial charge in [0.05, 0.1) is 17.9 Å². The fourth-order valence-electron chi connectivity index (χ4n) is 3.38. The quantitative estimate of drug-likeness (QED) is 0.880. The molecule has 5 heteroatoms. The number of nitrogens with one attached hydrogen (secondary N) is 1. The smallest absolute Gasteiger partial charge is 0.239 e. The number of hydrogen-bond donors (Lipinski definition) is 1. The van der Waals surface area contributed by atoms with Crippen molar-refractivity contribution in [3.63, 3.8) is 0 Å². The van der Waals surface area contributed by atoms with Gasteiger partial charge in [-0.1, -0.05) is 18.2 Å². The molecule has 0 radical (unpaired) electrons. The van der Waals surface area contributed by atoms with E-state index in [1.54, 1.807) is 12.4 Å². The molecule has 0 saturated heterocycles. The molecule has 130 valence electrons. The number of aromatic nitrogens is 1. The van der Waals surface area contributed by atoms with Gasteiger partial charge in [-0.05, 0) is 42.5 Å². The third-order valence-corrected chi connectivity index (χ3v) is 4.93. The van der Waals surface area contributed by atoms with Gasteiger partial charge in [0.1, 0.15) is 0 Å². The monoisotopic (exact) mass is 336 g/mol. The lowest BCUT2D eigenvalue weighted by molar-refractivity contribution is -0.119. The normalized spacial score (nSPS) is 16.5. The molecule has 0 atom stereocenters. The maximum atomic E-state index is 12.4. The summed E-state index contributed by atoms with van der Waals surface area (Å²) in [5.41, 5.74) is 3.46. The van der Waals surface area contributed by atoms with Crippen molar-refractivity contribution < 1.29 is 4.79 Å². The highest BCUT2D eigenvalue weighted by Gasteiger charge is 2.29. The Balaban J connectivity index is 1.39. The zero-order valence-corrected chi connectivity index (χ0v) is 14.4. The van der Waals surface area contributed by atoms with E-state index in [1.165, 1.54) is 24.2 Å². The summed E-state index contributed by atoms with van der Waals surface area (Å²) in [6.45, 7) is 3.95. The molecule has 1 saturated carbocycles. The van der Waals surface area contributed by atoms with Crippen LogP contribution in [0.4, 0.5) is 11.4 Å². The lowest BCUT2D eigenvalue weighted by atomic mass is 10.1. The molecule has 25 heavy (non-hydrogen) atoms. The molecular weight excluding hydrogens is 312 g/mol. The fraction of sp³-hybridized carbons (Fsp3) is 0.400. The molecule has 0 spiro atoms. The van der Waals surface area contributed by atoms with E-state index in [1.807, 2.05) is 12.1 Å². The van der Waals surface area contributed by atoms with Gasteiger partial charge < -0.3 is 15.1 Å². The molecule has 0 bridgehead atoms. The van der Waals surface area contributed by atoms with Crippen LogP contribution in [-0.2, 0) is 11.3 Å². The second-order valence-electron chi connectivity index (χ2n) is 6.94. The van der Waals surface area contributed by atoms with Crippen molar-refractivity contribution >= 4 is 17.3 Å². The average Bonchev–Trinajstić information content (AvgIpc) is 3.47. The van der Waals surface area contributed by atoms with Crippen molar-refractivity contribution in [2.45, 2.75) is 19.4 Å². The molecule has 2 heterocycles. The third-order valence-electron chi connectivity index (χ3n) is 4.93. The van der Waals surface area contributed by atoms with Crippen LogP contribution >= 0.6 is 0 Å². The lowest BCUT2D eigenvalue weighted by Crippen LogP contribution is -2.46. The number of fused-ring (bicyclic) bond motifs is 1. The second kappa shape index (κ2) is 7.13. The van der Waals surface area contributed by atoms with Crippen LogP contribution in [0.5, 0.6) is 0 Å². The first kappa shape index (κ1) is 15.9. The number of carbonyl (C=O) groups is 1. The Morgan fingerprint density at radius 1 is 1.08 bits per heavy atom. The average molecular weight is 336 g/mol. The second-order valence-corrected chi connectivity index (χ2v) is 6.94. The SMILES string of the molecule is O=C(CN1CCN(CC2CC2)c2ccccc21)NCc1cccnc1. The van der Waals surface area contributed by atoms with Crippen LogP contribution in [0.2, 0.25) is 0 Å². The first-order chi connectivity index (χ1) is 12.3. The molecule has 2 aliphatic rings. The Morgan fingerprint density at radius 3 is 2.56 bits per heavy atom. The number of benzene rings is 1. The van der Waals surface area contributed by atoms with E-state index < -0.39 is 0 Å². The van der Waals surface area contributed by atoms with E-state index in [4.69, 9.17) is 0 Å². The van der Waals surface area contributed by atoms with Gasteiger partial charge in [-0.15, -0.1) is 0 Å². The number of hydrogen-bond acceptors (Lipinski definition) is 4. The predicted molar refractivity (Wildman–Crippen MR) is 99.7 cm³/mol. The molecule has 1 amide bonds. The number of carbonyl (C=O) groups excluding carboxylic acids is 1. The largest absolute Gasteiger partial charge is 0.368 e. The van der Waals surface area contributed by atoms with Gasteiger partial charge in [0, 0.05) is 38.6 Å². The molecule has 4 rings (SSSR count). The molecule has 1 aromatic heterocycles. The number of para-hydroxylation sites is 2. The Hall–Kier alpha value is -2.56. The van der Waals surface area contributed by atoms with Crippen LogP contribution in [0.3, 0.4) is 0 Å². The van der Waals surface area contributed by atoms with Gasteiger partial charge >= 0.3 is 0 Å². The van der Waals surface area contributed by atoms with Gasteiger partial charge in [-0.25, -0.2) is 0 Å². The molecule has 5 nitrogen and oxygen atoms in total. The van der Waals surface area contributed by atoms with Gasteiger partial charge in [0.25, 0.3) is 0 Å². The first-order valence-corrected chi connectivity index (χ1v) is 9.04. The zero-order valence-electron chi connectivity index (χ0n) is 14.4. The maximum absolute atomic E-state index is 12.4. The number of nitrogens with zero attached hydrogens (tertiary/aromatic N) is 3. The summed E-state index contributed by atoms with van der Waals surface area (Å²) in [5, 5.41) is 3.00.